The van der Waals surface area contributed by atoms with Gasteiger partial charge in [0.15, 0.2) is 0 Å². The van der Waals surface area contributed by atoms with Gasteiger partial charge >= 0.3 is 0 Å². The fourth-order valence-electron chi connectivity index (χ4n) is 2.93. The monoisotopic (exact) mass is 307 g/mol. The molecule has 7 heteroatoms. The SMILES string of the molecule is CCc1n[nH]c(CN2CCC([C@@H](O)C(=O)NC3CC3)CC2)n1. The first-order chi connectivity index (χ1) is 10.7. The summed E-state index contributed by atoms with van der Waals surface area (Å²) in [6.07, 6.45) is 3.75. The van der Waals surface area contributed by atoms with Crippen molar-refractivity contribution in [3.63, 3.8) is 0 Å². The summed E-state index contributed by atoms with van der Waals surface area (Å²) < 4.78 is 0. The summed E-state index contributed by atoms with van der Waals surface area (Å²) >= 11 is 0. The van der Waals surface area contributed by atoms with Crippen molar-refractivity contribution < 1.29 is 9.90 Å². The van der Waals surface area contributed by atoms with Gasteiger partial charge in [-0.25, -0.2) is 4.98 Å². The Morgan fingerprint density at radius 1 is 1.41 bits per heavy atom. The van der Waals surface area contributed by atoms with Crippen molar-refractivity contribution in [3.05, 3.63) is 11.6 Å². The van der Waals surface area contributed by atoms with Gasteiger partial charge < -0.3 is 10.4 Å². The molecule has 122 valence electrons. The number of H-pyrrole nitrogens is 1. The van der Waals surface area contributed by atoms with E-state index in [1.807, 2.05) is 6.92 Å². The molecular formula is C15H25N5O2. The third kappa shape index (κ3) is 3.84. The number of aliphatic hydroxyl groups is 1. The molecule has 3 rings (SSSR count). The first-order valence-electron chi connectivity index (χ1n) is 8.26. The molecule has 0 aromatic carbocycles. The van der Waals surface area contributed by atoms with Crippen LogP contribution >= 0.6 is 0 Å². The molecule has 1 atom stereocenters. The Kier molecular flexibility index (Phi) is 4.73. The van der Waals surface area contributed by atoms with E-state index in [1.165, 1.54) is 0 Å². The Morgan fingerprint density at radius 2 is 2.14 bits per heavy atom. The van der Waals surface area contributed by atoms with E-state index in [-0.39, 0.29) is 11.8 Å². The van der Waals surface area contributed by atoms with Crippen LogP contribution in [0, 0.1) is 5.92 Å². The van der Waals surface area contributed by atoms with Gasteiger partial charge in [-0.05, 0) is 44.7 Å². The number of aliphatic hydroxyl groups excluding tert-OH is 1. The number of likely N-dealkylation sites (tertiary alicyclic amines) is 1. The number of aromatic nitrogens is 3. The van der Waals surface area contributed by atoms with Crippen molar-refractivity contribution in [1.29, 1.82) is 0 Å². The first-order valence-corrected chi connectivity index (χ1v) is 8.26. The van der Waals surface area contributed by atoms with Crippen LogP contribution in [0.4, 0.5) is 0 Å². The third-order valence-electron chi connectivity index (χ3n) is 4.54. The summed E-state index contributed by atoms with van der Waals surface area (Å²) in [5, 5.41) is 20.2. The second-order valence-corrected chi connectivity index (χ2v) is 6.39. The van der Waals surface area contributed by atoms with Gasteiger partial charge in [-0.15, -0.1) is 0 Å². The van der Waals surface area contributed by atoms with Crippen molar-refractivity contribution in [1.82, 2.24) is 25.4 Å². The van der Waals surface area contributed by atoms with Gasteiger partial charge in [-0.3, -0.25) is 14.8 Å². The molecule has 7 nitrogen and oxygen atoms in total. The highest BCUT2D eigenvalue weighted by Gasteiger charge is 2.33. The highest BCUT2D eigenvalue weighted by Crippen LogP contribution is 2.24. The number of nitrogens with zero attached hydrogens (tertiary/aromatic N) is 3. The lowest BCUT2D eigenvalue weighted by Gasteiger charge is -2.33. The highest BCUT2D eigenvalue weighted by atomic mass is 16.3. The largest absolute Gasteiger partial charge is 0.383 e. The first kappa shape index (κ1) is 15.4. The zero-order valence-electron chi connectivity index (χ0n) is 13.1. The molecule has 1 aliphatic carbocycles. The maximum absolute atomic E-state index is 11.9. The van der Waals surface area contributed by atoms with Gasteiger partial charge in [-0.2, -0.15) is 5.10 Å². The molecule has 0 spiro atoms. The molecule has 1 saturated carbocycles. The van der Waals surface area contributed by atoms with Crippen LogP contribution in [0.15, 0.2) is 0 Å². The van der Waals surface area contributed by atoms with E-state index >= 15 is 0 Å². The van der Waals surface area contributed by atoms with Gasteiger partial charge in [0.2, 0.25) is 5.91 Å². The summed E-state index contributed by atoms with van der Waals surface area (Å²) in [6.45, 7) is 4.54. The second-order valence-electron chi connectivity index (χ2n) is 6.39. The number of aromatic amines is 1. The summed E-state index contributed by atoms with van der Waals surface area (Å²) in [5.74, 6) is 1.61. The van der Waals surface area contributed by atoms with Crippen LogP contribution in [0.5, 0.6) is 0 Å². The molecule has 2 fully saturated rings. The van der Waals surface area contributed by atoms with E-state index in [0.717, 1.165) is 63.4 Å². The minimum absolute atomic E-state index is 0.0657. The summed E-state index contributed by atoms with van der Waals surface area (Å²) in [4.78, 5) is 18.6. The Bertz CT molecular complexity index is 506. The maximum Gasteiger partial charge on any atom is 0.249 e. The van der Waals surface area contributed by atoms with Gasteiger partial charge in [-0.1, -0.05) is 6.92 Å². The number of rotatable bonds is 6. The minimum Gasteiger partial charge on any atom is -0.383 e. The van der Waals surface area contributed by atoms with E-state index in [4.69, 9.17) is 0 Å². The lowest BCUT2D eigenvalue weighted by Crippen LogP contribution is -2.45. The number of carbonyl (C=O) groups excluding carboxylic acids is 1. The fourth-order valence-corrected chi connectivity index (χ4v) is 2.93. The predicted molar refractivity (Wildman–Crippen MR) is 80.9 cm³/mol. The normalized spacial score (nSPS) is 21.7. The lowest BCUT2D eigenvalue weighted by atomic mass is 9.90. The van der Waals surface area contributed by atoms with Gasteiger partial charge in [0.1, 0.15) is 17.8 Å². The van der Waals surface area contributed by atoms with Crippen molar-refractivity contribution in [3.8, 4) is 0 Å². The average molecular weight is 307 g/mol. The van der Waals surface area contributed by atoms with E-state index in [2.05, 4.69) is 25.4 Å². The smallest absolute Gasteiger partial charge is 0.249 e. The molecule has 1 aliphatic heterocycles. The predicted octanol–water partition coefficient (Wildman–Crippen LogP) is 0.219. The number of piperidine rings is 1. The van der Waals surface area contributed by atoms with Crippen LogP contribution in [-0.2, 0) is 17.8 Å². The second kappa shape index (κ2) is 6.75. The molecular weight excluding hydrogens is 282 g/mol. The fraction of sp³-hybridized carbons (Fsp3) is 0.800. The maximum atomic E-state index is 11.9. The standard InChI is InChI=1S/C15H25N5O2/c1-2-12-17-13(19-18-12)9-20-7-5-10(6-8-20)14(21)15(22)16-11-3-4-11/h10-11,14,21H,2-9H2,1H3,(H,16,22)(H,17,18,19)/t14-/m1/s1. The van der Waals surface area contributed by atoms with Gasteiger partial charge in [0.25, 0.3) is 0 Å². The summed E-state index contributed by atoms with van der Waals surface area (Å²) in [5.41, 5.74) is 0. The van der Waals surface area contributed by atoms with Crippen molar-refractivity contribution in [2.24, 2.45) is 5.92 Å². The number of nitrogens with one attached hydrogen (secondary N) is 2. The Hall–Kier alpha value is -1.47. The van der Waals surface area contributed by atoms with Crippen LogP contribution < -0.4 is 5.32 Å². The molecule has 1 aromatic heterocycles. The van der Waals surface area contributed by atoms with E-state index in [1.54, 1.807) is 0 Å². The van der Waals surface area contributed by atoms with Crippen LogP contribution in [0.1, 0.15) is 44.3 Å². The van der Waals surface area contributed by atoms with Crippen LogP contribution in [0.2, 0.25) is 0 Å². The van der Waals surface area contributed by atoms with Gasteiger partial charge in [0.05, 0.1) is 6.54 Å². The number of hydrogen-bond acceptors (Lipinski definition) is 5. The van der Waals surface area contributed by atoms with Gasteiger partial charge in [0, 0.05) is 12.5 Å². The Labute approximate surface area is 130 Å². The van der Waals surface area contributed by atoms with Crippen molar-refractivity contribution in [2.75, 3.05) is 13.1 Å². The molecule has 1 aromatic rings. The molecule has 0 unspecified atom stereocenters. The quantitative estimate of drug-likeness (QED) is 0.699. The average Bonchev–Trinajstić information content (AvgIpc) is 3.23. The van der Waals surface area contributed by atoms with E-state index in [0.29, 0.717) is 6.04 Å². The highest BCUT2D eigenvalue weighted by molar-refractivity contribution is 5.81. The molecule has 0 radical (unpaired) electrons. The van der Waals surface area contributed by atoms with Crippen molar-refractivity contribution in [2.45, 2.75) is 57.7 Å². The number of hydrogen-bond donors (Lipinski definition) is 3. The molecule has 0 bridgehead atoms. The lowest BCUT2D eigenvalue weighted by molar-refractivity contribution is -0.133. The molecule has 3 N–H and O–H groups in total. The summed E-state index contributed by atoms with van der Waals surface area (Å²) in [6, 6.07) is 0.307. The topological polar surface area (TPSA) is 94.1 Å². The van der Waals surface area contributed by atoms with Crippen LogP contribution in [0.25, 0.3) is 0 Å². The Balaban J connectivity index is 1.44. The van der Waals surface area contributed by atoms with Crippen molar-refractivity contribution >= 4 is 5.91 Å². The molecule has 2 heterocycles. The van der Waals surface area contributed by atoms with Crippen LogP contribution in [0.3, 0.4) is 0 Å². The molecule has 1 amide bonds. The third-order valence-corrected chi connectivity index (χ3v) is 4.54. The zero-order chi connectivity index (χ0) is 15.5. The van der Waals surface area contributed by atoms with E-state index < -0.39 is 6.10 Å². The minimum atomic E-state index is -0.861. The Morgan fingerprint density at radius 3 is 2.73 bits per heavy atom. The number of amides is 1. The zero-order valence-corrected chi connectivity index (χ0v) is 13.1. The molecule has 22 heavy (non-hydrogen) atoms. The molecule has 2 aliphatic rings. The summed E-state index contributed by atoms with van der Waals surface area (Å²) in [7, 11) is 0. The van der Waals surface area contributed by atoms with Crippen LogP contribution in [-0.4, -0.2) is 56.3 Å². The number of carbonyl (C=O) groups is 1. The molecule has 1 saturated heterocycles. The number of aryl methyl sites for hydroxylation is 1. The van der Waals surface area contributed by atoms with E-state index in [9.17, 15) is 9.90 Å².